The van der Waals surface area contributed by atoms with Crippen molar-refractivity contribution in [2.24, 2.45) is 0 Å². The van der Waals surface area contributed by atoms with Crippen molar-refractivity contribution >= 4 is 27.5 Å². The molecule has 28 heavy (non-hydrogen) atoms. The van der Waals surface area contributed by atoms with Crippen LogP contribution in [-0.2, 0) is 11.3 Å². The van der Waals surface area contributed by atoms with Crippen LogP contribution in [0.1, 0.15) is 40.5 Å². The zero-order valence-corrected chi connectivity index (χ0v) is 17.7. The molecule has 148 valence electrons. The van der Waals surface area contributed by atoms with Crippen molar-refractivity contribution in [1.29, 1.82) is 0 Å². The van der Waals surface area contributed by atoms with Crippen LogP contribution in [0.3, 0.4) is 0 Å². The molecule has 2 heterocycles. The summed E-state index contributed by atoms with van der Waals surface area (Å²) in [6.07, 6.45) is 0. The van der Waals surface area contributed by atoms with Gasteiger partial charge in [0.1, 0.15) is 22.0 Å². The minimum atomic E-state index is -0.442. The summed E-state index contributed by atoms with van der Waals surface area (Å²) in [5.74, 6) is 1.17. The predicted octanol–water partition coefficient (Wildman–Crippen LogP) is 4.73. The zero-order valence-electron chi connectivity index (χ0n) is 16.9. The van der Waals surface area contributed by atoms with Crippen molar-refractivity contribution in [3.05, 3.63) is 46.1 Å². The second kappa shape index (κ2) is 8.67. The van der Waals surface area contributed by atoms with Crippen LogP contribution in [0.5, 0.6) is 11.6 Å². The average molecular weight is 400 g/mol. The Morgan fingerprint density at radius 2 is 1.86 bits per heavy atom. The van der Waals surface area contributed by atoms with Crippen molar-refractivity contribution in [3.8, 4) is 11.6 Å². The van der Waals surface area contributed by atoms with Crippen LogP contribution in [0.25, 0.3) is 10.2 Å². The SMILES string of the molecule is CCN(CC)Cc1nc(Oc2ccccc2C(=O)OC)c2c(C)c(C)sc2n1. The number of fused-ring (bicyclic) bond motifs is 1. The number of aryl methyl sites for hydroxylation is 2. The molecule has 0 radical (unpaired) electrons. The van der Waals surface area contributed by atoms with Crippen LogP contribution in [0.2, 0.25) is 0 Å². The Morgan fingerprint density at radius 1 is 1.14 bits per heavy atom. The van der Waals surface area contributed by atoms with Crippen molar-refractivity contribution in [2.45, 2.75) is 34.2 Å². The Labute approximate surface area is 169 Å². The normalized spacial score (nSPS) is 11.2. The second-order valence-electron chi connectivity index (χ2n) is 6.46. The maximum absolute atomic E-state index is 12.1. The van der Waals surface area contributed by atoms with Crippen molar-refractivity contribution in [1.82, 2.24) is 14.9 Å². The molecule has 3 rings (SSSR count). The summed E-state index contributed by atoms with van der Waals surface area (Å²) in [5, 5.41) is 0.894. The summed E-state index contributed by atoms with van der Waals surface area (Å²) in [4.78, 5) is 25.9. The van der Waals surface area contributed by atoms with Gasteiger partial charge in [0.25, 0.3) is 0 Å². The van der Waals surface area contributed by atoms with E-state index in [9.17, 15) is 4.79 Å². The molecule has 0 fully saturated rings. The average Bonchev–Trinajstić information content (AvgIpc) is 2.99. The van der Waals surface area contributed by atoms with Gasteiger partial charge in [-0.25, -0.2) is 9.78 Å². The third-order valence-corrected chi connectivity index (χ3v) is 5.90. The molecular formula is C21H25N3O3S. The number of thiophene rings is 1. The van der Waals surface area contributed by atoms with Crippen LogP contribution >= 0.6 is 11.3 Å². The molecule has 7 heteroatoms. The van der Waals surface area contributed by atoms with E-state index in [1.54, 1.807) is 29.5 Å². The number of methoxy groups -OCH3 is 1. The van der Waals surface area contributed by atoms with Gasteiger partial charge < -0.3 is 9.47 Å². The van der Waals surface area contributed by atoms with Crippen molar-refractivity contribution in [2.75, 3.05) is 20.2 Å². The lowest BCUT2D eigenvalue weighted by molar-refractivity contribution is 0.0598. The van der Waals surface area contributed by atoms with Crippen LogP contribution in [0.4, 0.5) is 0 Å². The number of esters is 1. The van der Waals surface area contributed by atoms with E-state index in [1.165, 1.54) is 12.0 Å². The number of hydrogen-bond acceptors (Lipinski definition) is 7. The first-order valence-electron chi connectivity index (χ1n) is 9.32. The van der Waals surface area contributed by atoms with E-state index in [0.717, 1.165) is 28.9 Å². The number of nitrogens with zero attached hydrogens (tertiary/aromatic N) is 3. The maximum Gasteiger partial charge on any atom is 0.341 e. The van der Waals surface area contributed by atoms with Crippen LogP contribution < -0.4 is 4.74 Å². The molecule has 0 N–H and O–H groups in total. The molecule has 0 unspecified atom stereocenters. The van der Waals surface area contributed by atoms with Gasteiger partial charge in [-0.1, -0.05) is 26.0 Å². The summed E-state index contributed by atoms with van der Waals surface area (Å²) in [5.41, 5.74) is 1.46. The van der Waals surface area contributed by atoms with Gasteiger partial charge in [-0.3, -0.25) is 4.90 Å². The molecule has 0 saturated carbocycles. The molecule has 2 aromatic heterocycles. The minimum absolute atomic E-state index is 0.367. The highest BCUT2D eigenvalue weighted by molar-refractivity contribution is 7.18. The third-order valence-electron chi connectivity index (χ3n) is 4.80. The Balaban J connectivity index is 2.10. The third kappa shape index (κ3) is 4.00. The number of ether oxygens (including phenoxy) is 2. The highest BCUT2D eigenvalue weighted by Crippen LogP contribution is 2.37. The predicted molar refractivity (Wildman–Crippen MR) is 111 cm³/mol. The highest BCUT2D eigenvalue weighted by atomic mass is 32.1. The molecule has 1 aromatic carbocycles. The quantitative estimate of drug-likeness (QED) is 0.535. The molecular weight excluding hydrogens is 374 g/mol. The van der Waals surface area contributed by atoms with Gasteiger partial charge in [-0.2, -0.15) is 4.98 Å². The highest BCUT2D eigenvalue weighted by Gasteiger charge is 2.20. The Morgan fingerprint density at radius 3 is 2.54 bits per heavy atom. The maximum atomic E-state index is 12.1. The second-order valence-corrected chi connectivity index (χ2v) is 7.66. The van der Waals surface area contributed by atoms with Gasteiger partial charge in [-0.05, 0) is 44.6 Å². The van der Waals surface area contributed by atoms with Crippen LogP contribution in [-0.4, -0.2) is 41.0 Å². The van der Waals surface area contributed by atoms with Gasteiger partial charge in [0, 0.05) is 4.88 Å². The van der Waals surface area contributed by atoms with Gasteiger partial charge >= 0.3 is 5.97 Å². The molecule has 6 nitrogen and oxygen atoms in total. The lowest BCUT2D eigenvalue weighted by Gasteiger charge is -2.17. The molecule has 0 saturated heterocycles. The molecule has 0 amide bonds. The number of rotatable bonds is 7. The number of benzene rings is 1. The fourth-order valence-electron chi connectivity index (χ4n) is 2.99. The van der Waals surface area contributed by atoms with Gasteiger partial charge in [0.15, 0.2) is 0 Å². The van der Waals surface area contributed by atoms with E-state index in [4.69, 9.17) is 19.4 Å². The molecule has 0 spiro atoms. The first kappa shape index (κ1) is 20.2. The van der Waals surface area contributed by atoms with Crippen molar-refractivity contribution in [3.63, 3.8) is 0 Å². The Hall–Kier alpha value is -2.51. The Kier molecular flexibility index (Phi) is 6.26. The van der Waals surface area contributed by atoms with Crippen molar-refractivity contribution < 1.29 is 14.3 Å². The number of carbonyl (C=O) groups is 1. The summed E-state index contributed by atoms with van der Waals surface area (Å²) in [7, 11) is 1.36. The molecule has 0 aliphatic carbocycles. The number of hydrogen-bond donors (Lipinski definition) is 0. The zero-order chi connectivity index (χ0) is 20.3. The van der Waals surface area contributed by atoms with E-state index >= 15 is 0 Å². The van der Waals surface area contributed by atoms with Crippen LogP contribution in [0, 0.1) is 13.8 Å². The van der Waals surface area contributed by atoms with E-state index in [2.05, 4.69) is 25.7 Å². The summed E-state index contributed by atoms with van der Waals surface area (Å²) in [6, 6.07) is 7.03. The van der Waals surface area contributed by atoms with Gasteiger partial charge in [-0.15, -0.1) is 11.3 Å². The molecule has 0 aliphatic heterocycles. The standard InChI is InChI=1S/C21H25N3O3S/c1-6-24(7-2)12-17-22-19(18-13(3)14(4)28-20(18)23-17)27-16-11-9-8-10-15(16)21(25)26-5/h8-11H,6-7,12H2,1-5H3. The van der Waals surface area contributed by atoms with Gasteiger partial charge in [0.2, 0.25) is 5.88 Å². The first-order valence-corrected chi connectivity index (χ1v) is 10.1. The van der Waals surface area contributed by atoms with E-state index in [1.807, 2.05) is 13.0 Å². The fraction of sp³-hybridized carbons (Fsp3) is 0.381. The number of para-hydroxylation sites is 1. The molecule has 0 bridgehead atoms. The van der Waals surface area contributed by atoms with Gasteiger partial charge in [0.05, 0.1) is 19.0 Å². The number of carbonyl (C=O) groups excluding carboxylic acids is 1. The molecule has 0 aliphatic rings. The topological polar surface area (TPSA) is 64.6 Å². The fourth-order valence-corrected chi connectivity index (χ4v) is 4.02. The molecule has 0 atom stereocenters. The minimum Gasteiger partial charge on any atom is -0.465 e. The van der Waals surface area contributed by atoms with E-state index < -0.39 is 5.97 Å². The lowest BCUT2D eigenvalue weighted by atomic mass is 10.2. The smallest absolute Gasteiger partial charge is 0.341 e. The van der Waals surface area contributed by atoms with E-state index in [-0.39, 0.29) is 0 Å². The summed E-state index contributed by atoms with van der Waals surface area (Å²) in [6.45, 7) is 10.8. The summed E-state index contributed by atoms with van der Waals surface area (Å²) < 4.78 is 11.0. The molecule has 3 aromatic rings. The number of aromatic nitrogens is 2. The largest absolute Gasteiger partial charge is 0.465 e. The summed E-state index contributed by atoms with van der Waals surface area (Å²) >= 11 is 1.63. The first-order chi connectivity index (χ1) is 13.5. The van der Waals surface area contributed by atoms with Crippen LogP contribution in [0.15, 0.2) is 24.3 Å². The van der Waals surface area contributed by atoms with E-state index in [0.29, 0.717) is 29.6 Å². The lowest BCUT2D eigenvalue weighted by Crippen LogP contribution is -2.23. The monoisotopic (exact) mass is 399 g/mol. The Bertz CT molecular complexity index is 996.